The summed E-state index contributed by atoms with van der Waals surface area (Å²) in [7, 11) is -3.33. The molecule has 0 radical (unpaired) electrons. The van der Waals surface area contributed by atoms with E-state index in [0.717, 1.165) is 12.1 Å². The Labute approximate surface area is 115 Å². The Hall–Kier alpha value is -0.620. The van der Waals surface area contributed by atoms with E-state index < -0.39 is 10.0 Å². The Bertz CT molecular complexity index is 487. The molecule has 1 aliphatic rings. The normalized spacial score (nSPS) is 21.3. The second-order valence-corrected chi connectivity index (χ2v) is 6.37. The van der Waals surface area contributed by atoms with Crippen LogP contribution in [0.15, 0.2) is 29.2 Å². The van der Waals surface area contributed by atoms with Crippen molar-refractivity contribution in [2.75, 3.05) is 19.6 Å². The van der Waals surface area contributed by atoms with E-state index in [4.69, 9.17) is 0 Å². The van der Waals surface area contributed by atoms with Crippen molar-refractivity contribution in [2.45, 2.75) is 24.8 Å². The molecule has 1 N–H and O–H groups in total. The Kier molecular flexibility index (Phi) is 5.16. The lowest BCUT2D eigenvalue weighted by molar-refractivity contribution is 0.284. The van der Waals surface area contributed by atoms with Crippen molar-refractivity contribution in [3.63, 3.8) is 0 Å². The summed E-state index contributed by atoms with van der Waals surface area (Å²) in [6, 6.07) is 7.04. The molecule has 1 saturated heterocycles. The van der Waals surface area contributed by atoms with Crippen molar-refractivity contribution in [3.8, 4) is 0 Å². The standard InChI is InChI=1S/C12H18N2O2S.ClH/c1-10-3-5-12(6-4-10)17(15,16)14-8-7-13-9-11(14)2;/h3-6,11,13H,7-9H2,1-2H3;1H. The fourth-order valence-electron chi connectivity index (χ4n) is 2.03. The molecule has 0 spiro atoms. The highest BCUT2D eigenvalue weighted by Crippen LogP contribution is 2.19. The van der Waals surface area contributed by atoms with Crippen LogP contribution in [0.2, 0.25) is 0 Å². The third-order valence-electron chi connectivity index (χ3n) is 3.07. The first-order chi connectivity index (χ1) is 8.01. The van der Waals surface area contributed by atoms with E-state index in [1.54, 1.807) is 16.4 Å². The van der Waals surface area contributed by atoms with Crippen LogP contribution >= 0.6 is 12.4 Å². The van der Waals surface area contributed by atoms with Gasteiger partial charge in [-0.25, -0.2) is 8.42 Å². The molecule has 1 aromatic rings. The van der Waals surface area contributed by atoms with Crippen molar-refractivity contribution >= 4 is 22.4 Å². The van der Waals surface area contributed by atoms with Gasteiger partial charge in [-0.15, -0.1) is 12.4 Å². The predicted octanol–water partition coefficient (Wildman–Crippen LogP) is 1.40. The number of aryl methyl sites for hydroxylation is 1. The number of benzene rings is 1. The molecule has 1 heterocycles. The number of piperazine rings is 1. The molecule has 0 saturated carbocycles. The lowest BCUT2D eigenvalue weighted by Crippen LogP contribution is -2.52. The van der Waals surface area contributed by atoms with Crippen LogP contribution in [-0.4, -0.2) is 38.4 Å². The number of hydrogen-bond acceptors (Lipinski definition) is 3. The summed E-state index contributed by atoms with van der Waals surface area (Å²) in [5.41, 5.74) is 1.07. The molecule has 0 bridgehead atoms. The second kappa shape index (κ2) is 6.02. The highest BCUT2D eigenvalue weighted by molar-refractivity contribution is 7.89. The monoisotopic (exact) mass is 290 g/mol. The van der Waals surface area contributed by atoms with Gasteiger partial charge in [-0.3, -0.25) is 0 Å². The summed E-state index contributed by atoms with van der Waals surface area (Å²) in [5.74, 6) is 0. The highest BCUT2D eigenvalue weighted by Gasteiger charge is 2.30. The lowest BCUT2D eigenvalue weighted by atomic mass is 10.2. The van der Waals surface area contributed by atoms with Gasteiger partial charge in [0, 0.05) is 25.7 Å². The minimum atomic E-state index is -3.33. The zero-order valence-corrected chi connectivity index (χ0v) is 12.2. The second-order valence-electron chi connectivity index (χ2n) is 4.48. The first kappa shape index (κ1) is 15.4. The Morgan fingerprint density at radius 3 is 2.44 bits per heavy atom. The molecule has 4 nitrogen and oxygen atoms in total. The number of nitrogens with one attached hydrogen (secondary N) is 1. The number of sulfonamides is 1. The molecule has 1 unspecified atom stereocenters. The largest absolute Gasteiger partial charge is 0.314 e. The molecule has 2 rings (SSSR count). The molecule has 1 aliphatic heterocycles. The summed E-state index contributed by atoms with van der Waals surface area (Å²) in [6.07, 6.45) is 0. The molecule has 1 atom stereocenters. The number of halogens is 1. The predicted molar refractivity (Wildman–Crippen MR) is 74.7 cm³/mol. The lowest BCUT2D eigenvalue weighted by Gasteiger charge is -2.32. The molecule has 0 amide bonds. The van der Waals surface area contributed by atoms with Crippen LogP contribution in [0.4, 0.5) is 0 Å². The first-order valence-corrected chi connectivity index (χ1v) is 7.25. The van der Waals surface area contributed by atoms with Gasteiger partial charge in [-0.05, 0) is 26.0 Å². The number of hydrogen-bond donors (Lipinski definition) is 1. The maximum absolute atomic E-state index is 12.4. The average molecular weight is 291 g/mol. The van der Waals surface area contributed by atoms with Gasteiger partial charge >= 0.3 is 0 Å². The summed E-state index contributed by atoms with van der Waals surface area (Å²) < 4.78 is 26.4. The highest BCUT2D eigenvalue weighted by atomic mass is 35.5. The quantitative estimate of drug-likeness (QED) is 0.896. The van der Waals surface area contributed by atoms with Crippen LogP contribution in [0, 0.1) is 6.92 Å². The van der Waals surface area contributed by atoms with Crippen LogP contribution in [0.5, 0.6) is 0 Å². The molecular weight excluding hydrogens is 272 g/mol. The van der Waals surface area contributed by atoms with Crippen LogP contribution in [0.1, 0.15) is 12.5 Å². The van der Waals surface area contributed by atoms with Crippen LogP contribution in [-0.2, 0) is 10.0 Å². The van der Waals surface area contributed by atoms with Gasteiger partial charge in [0.05, 0.1) is 4.90 Å². The van der Waals surface area contributed by atoms with Gasteiger partial charge in [0.15, 0.2) is 0 Å². The minimum absolute atomic E-state index is 0. The van der Waals surface area contributed by atoms with Crippen molar-refractivity contribution in [2.24, 2.45) is 0 Å². The van der Waals surface area contributed by atoms with Gasteiger partial charge < -0.3 is 5.32 Å². The Balaban J connectivity index is 0.00000162. The molecular formula is C12H19ClN2O2S. The molecule has 18 heavy (non-hydrogen) atoms. The molecule has 102 valence electrons. The van der Waals surface area contributed by atoms with E-state index in [0.29, 0.717) is 18.0 Å². The molecule has 1 fully saturated rings. The van der Waals surface area contributed by atoms with Gasteiger partial charge in [-0.1, -0.05) is 17.7 Å². The SMILES string of the molecule is Cc1ccc(S(=O)(=O)N2CCNCC2C)cc1.Cl. The summed E-state index contributed by atoms with van der Waals surface area (Å²) in [6.45, 7) is 5.85. The summed E-state index contributed by atoms with van der Waals surface area (Å²) in [5, 5.41) is 3.19. The van der Waals surface area contributed by atoms with Gasteiger partial charge in [-0.2, -0.15) is 4.31 Å². The Morgan fingerprint density at radius 2 is 1.89 bits per heavy atom. The van der Waals surface area contributed by atoms with Crippen molar-refractivity contribution in [1.29, 1.82) is 0 Å². The summed E-state index contributed by atoms with van der Waals surface area (Å²) >= 11 is 0. The van der Waals surface area contributed by atoms with Gasteiger partial charge in [0.2, 0.25) is 10.0 Å². The van der Waals surface area contributed by atoms with Crippen molar-refractivity contribution in [3.05, 3.63) is 29.8 Å². The third kappa shape index (κ3) is 3.03. The fraction of sp³-hybridized carbons (Fsp3) is 0.500. The zero-order chi connectivity index (χ0) is 12.5. The van der Waals surface area contributed by atoms with Gasteiger partial charge in [0.1, 0.15) is 0 Å². The topological polar surface area (TPSA) is 49.4 Å². The minimum Gasteiger partial charge on any atom is -0.314 e. The first-order valence-electron chi connectivity index (χ1n) is 5.81. The third-order valence-corrected chi connectivity index (χ3v) is 5.10. The zero-order valence-electron chi connectivity index (χ0n) is 10.6. The molecule has 0 aromatic heterocycles. The Morgan fingerprint density at radius 1 is 1.28 bits per heavy atom. The smallest absolute Gasteiger partial charge is 0.243 e. The molecule has 0 aliphatic carbocycles. The number of nitrogens with zero attached hydrogens (tertiary/aromatic N) is 1. The molecule has 1 aromatic carbocycles. The van der Waals surface area contributed by atoms with Gasteiger partial charge in [0.25, 0.3) is 0 Å². The maximum atomic E-state index is 12.4. The van der Waals surface area contributed by atoms with Crippen molar-refractivity contribution in [1.82, 2.24) is 9.62 Å². The van der Waals surface area contributed by atoms with Crippen LogP contribution in [0.3, 0.4) is 0 Å². The van der Waals surface area contributed by atoms with E-state index in [2.05, 4.69) is 5.32 Å². The van der Waals surface area contributed by atoms with E-state index in [1.807, 2.05) is 26.0 Å². The van der Waals surface area contributed by atoms with E-state index in [9.17, 15) is 8.42 Å². The van der Waals surface area contributed by atoms with E-state index >= 15 is 0 Å². The molecule has 6 heteroatoms. The van der Waals surface area contributed by atoms with Crippen molar-refractivity contribution < 1.29 is 8.42 Å². The average Bonchev–Trinajstić information content (AvgIpc) is 2.30. The van der Waals surface area contributed by atoms with E-state index in [-0.39, 0.29) is 18.4 Å². The fourth-order valence-corrected chi connectivity index (χ4v) is 3.66. The summed E-state index contributed by atoms with van der Waals surface area (Å²) in [4.78, 5) is 0.386. The van der Waals surface area contributed by atoms with Crippen LogP contribution < -0.4 is 5.32 Å². The van der Waals surface area contributed by atoms with Crippen LogP contribution in [0.25, 0.3) is 0 Å². The number of rotatable bonds is 2. The maximum Gasteiger partial charge on any atom is 0.243 e. The van der Waals surface area contributed by atoms with E-state index in [1.165, 1.54) is 0 Å².